The van der Waals surface area contributed by atoms with E-state index >= 15 is 0 Å². The fourth-order valence-electron chi connectivity index (χ4n) is 1.20. The Balaban J connectivity index is 2.89. The molecule has 0 saturated carbocycles. The fourth-order valence-corrected chi connectivity index (χ4v) is 2.28. The quantitative estimate of drug-likeness (QED) is 0.484. The van der Waals surface area contributed by atoms with Gasteiger partial charge in [0.05, 0.1) is 13.3 Å². The third-order valence-corrected chi connectivity index (χ3v) is 4.35. The van der Waals surface area contributed by atoms with Gasteiger partial charge in [0.25, 0.3) is 0 Å². The van der Waals surface area contributed by atoms with Crippen LogP contribution in [0.3, 0.4) is 0 Å². The monoisotopic (exact) mass is 285 g/mol. The molecule has 1 aromatic rings. The molecule has 0 bridgehead atoms. The van der Waals surface area contributed by atoms with Crippen LogP contribution < -0.4 is 4.74 Å². The molecule has 1 atom stereocenters. The summed E-state index contributed by atoms with van der Waals surface area (Å²) in [6.07, 6.45) is 3.63. The predicted molar refractivity (Wildman–Crippen MR) is 80.3 cm³/mol. The second kappa shape index (κ2) is 6.50. The van der Waals surface area contributed by atoms with E-state index in [1.165, 1.54) is 0 Å². The Labute approximate surface area is 116 Å². The topological polar surface area (TPSA) is 44.6 Å². The molecule has 0 aliphatic rings. The van der Waals surface area contributed by atoms with E-state index in [0.29, 0.717) is 0 Å². The molecule has 18 heavy (non-hydrogen) atoms. The van der Waals surface area contributed by atoms with Crippen molar-refractivity contribution in [2.45, 2.75) is 30.4 Å². The van der Waals surface area contributed by atoms with Gasteiger partial charge < -0.3 is 9.29 Å². The molecule has 5 heteroatoms. The molecule has 0 heterocycles. The van der Waals surface area contributed by atoms with Gasteiger partial charge in [-0.3, -0.25) is 0 Å². The molecule has 0 saturated heterocycles. The van der Waals surface area contributed by atoms with Gasteiger partial charge in [-0.1, -0.05) is 10.5 Å². The molecule has 0 radical (unpaired) electrons. The molecule has 0 fully saturated rings. The van der Waals surface area contributed by atoms with Crippen molar-refractivity contribution in [3.8, 4) is 5.75 Å². The van der Waals surface area contributed by atoms with Crippen molar-refractivity contribution in [1.82, 2.24) is 0 Å². The van der Waals surface area contributed by atoms with Crippen molar-refractivity contribution >= 4 is 29.3 Å². The molecular weight excluding hydrogens is 266 g/mol. The van der Waals surface area contributed by atoms with Crippen molar-refractivity contribution in [3.63, 3.8) is 0 Å². The lowest BCUT2D eigenvalue weighted by molar-refractivity contribution is 0.405. The zero-order valence-electron chi connectivity index (χ0n) is 11.4. The Morgan fingerprint density at radius 1 is 1.39 bits per heavy atom. The average Bonchev–Trinajstić information content (AvgIpc) is 2.34. The highest BCUT2D eigenvalue weighted by molar-refractivity contribution is 7.98. The highest BCUT2D eigenvalue weighted by Crippen LogP contribution is 2.28. The number of benzene rings is 1. The van der Waals surface area contributed by atoms with Gasteiger partial charge in [-0.25, -0.2) is 0 Å². The molecule has 1 aromatic carbocycles. The van der Waals surface area contributed by atoms with E-state index in [-0.39, 0.29) is 4.75 Å². The zero-order valence-corrected chi connectivity index (χ0v) is 13.0. The van der Waals surface area contributed by atoms with E-state index in [9.17, 15) is 4.55 Å². The predicted octanol–water partition coefficient (Wildman–Crippen LogP) is 3.30. The number of nitrogens with zero attached hydrogens (tertiary/aromatic N) is 1. The van der Waals surface area contributed by atoms with Crippen LogP contribution in [-0.4, -0.2) is 28.9 Å². The summed E-state index contributed by atoms with van der Waals surface area (Å²) in [4.78, 5) is 1.08. The Kier molecular flexibility index (Phi) is 5.56. The fraction of sp³-hybridized carbons (Fsp3) is 0.462. The van der Waals surface area contributed by atoms with Crippen LogP contribution in [0.5, 0.6) is 5.75 Å². The zero-order chi connectivity index (χ0) is 13.8. The Bertz CT molecular complexity index is 427. The molecule has 0 aliphatic carbocycles. The first kappa shape index (κ1) is 15.4. The molecule has 3 nitrogen and oxygen atoms in total. The summed E-state index contributed by atoms with van der Waals surface area (Å²) in [5, 5.41) is 0. The van der Waals surface area contributed by atoms with E-state index in [1.807, 2.05) is 45.2 Å². The van der Waals surface area contributed by atoms with Crippen LogP contribution >= 0.6 is 11.8 Å². The van der Waals surface area contributed by atoms with Gasteiger partial charge in [-0.05, 0) is 39.2 Å². The van der Waals surface area contributed by atoms with Gasteiger partial charge in [-0.15, -0.1) is 11.8 Å². The van der Waals surface area contributed by atoms with Crippen molar-refractivity contribution < 1.29 is 9.29 Å². The minimum absolute atomic E-state index is 0.334. The highest BCUT2D eigenvalue weighted by atomic mass is 32.2. The standard InChI is InChI=1S/C13H19NO2S2/c1-13(2,3)18(15)14-9-10-6-7-12(17-5)11(8-10)16-4/h6-9H,1-5H3/b14-9+/t18-/m0/s1. The van der Waals surface area contributed by atoms with E-state index in [0.717, 1.165) is 16.2 Å². The third kappa shape index (κ3) is 4.23. The molecule has 0 N–H and O–H groups in total. The minimum atomic E-state index is -1.23. The number of methoxy groups -OCH3 is 1. The summed E-state index contributed by atoms with van der Waals surface area (Å²) in [6.45, 7) is 5.70. The van der Waals surface area contributed by atoms with Crippen LogP contribution in [0.4, 0.5) is 0 Å². The third-order valence-electron chi connectivity index (χ3n) is 2.23. The molecule has 1 rings (SSSR count). The largest absolute Gasteiger partial charge is 0.591 e. The van der Waals surface area contributed by atoms with Gasteiger partial charge in [0.15, 0.2) is 0 Å². The van der Waals surface area contributed by atoms with Crippen LogP contribution in [0.25, 0.3) is 0 Å². The molecule has 100 valence electrons. The van der Waals surface area contributed by atoms with Crippen molar-refractivity contribution in [2.75, 3.05) is 13.4 Å². The number of thioether (sulfide) groups is 1. The number of ether oxygens (including phenoxy) is 1. The summed E-state index contributed by atoms with van der Waals surface area (Å²) >= 11 is 0.398. The normalized spacial score (nSPS) is 13.9. The van der Waals surface area contributed by atoms with Crippen LogP contribution in [-0.2, 0) is 11.4 Å². The number of hydrogen-bond acceptors (Lipinski definition) is 4. The number of rotatable bonds is 4. The average molecular weight is 285 g/mol. The number of hydrogen-bond donors (Lipinski definition) is 0. The molecule has 0 amide bonds. The summed E-state index contributed by atoms with van der Waals surface area (Å²) < 4.78 is 20.8. The summed E-state index contributed by atoms with van der Waals surface area (Å²) in [7, 11) is 1.64. The van der Waals surface area contributed by atoms with E-state index in [1.54, 1.807) is 25.1 Å². The van der Waals surface area contributed by atoms with Gasteiger partial charge in [0, 0.05) is 10.5 Å². The van der Waals surface area contributed by atoms with Crippen LogP contribution in [0.2, 0.25) is 0 Å². The van der Waals surface area contributed by atoms with Gasteiger partial charge in [-0.2, -0.15) is 0 Å². The van der Waals surface area contributed by atoms with Gasteiger partial charge in [0.1, 0.15) is 21.9 Å². The van der Waals surface area contributed by atoms with Crippen LogP contribution in [0.15, 0.2) is 27.5 Å². The summed E-state index contributed by atoms with van der Waals surface area (Å²) in [6, 6.07) is 5.82. The van der Waals surface area contributed by atoms with Gasteiger partial charge in [0.2, 0.25) is 0 Å². The maximum absolute atomic E-state index is 11.8. The Morgan fingerprint density at radius 2 is 2.06 bits per heavy atom. The summed E-state index contributed by atoms with van der Waals surface area (Å²) in [5.41, 5.74) is 0.891. The van der Waals surface area contributed by atoms with Crippen LogP contribution in [0, 0.1) is 0 Å². The SMILES string of the molecule is COc1cc(/C=N/[S@@+]([O-])C(C)(C)C)ccc1SC. The second-order valence-corrected chi connectivity index (χ2v) is 7.49. The van der Waals surface area contributed by atoms with E-state index in [4.69, 9.17) is 4.74 Å². The van der Waals surface area contributed by atoms with Crippen molar-refractivity contribution in [2.24, 2.45) is 4.40 Å². The van der Waals surface area contributed by atoms with Crippen LogP contribution in [0.1, 0.15) is 26.3 Å². The minimum Gasteiger partial charge on any atom is -0.591 e. The lowest BCUT2D eigenvalue weighted by Gasteiger charge is -2.17. The summed E-state index contributed by atoms with van der Waals surface area (Å²) in [5.74, 6) is 0.813. The smallest absolute Gasteiger partial charge is 0.144 e. The second-order valence-electron chi connectivity index (χ2n) is 4.71. The maximum Gasteiger partial charge on any atom is 0.144 e. The Hall–Kier alpha value is -0.650. The first-order valence-corrected chi connectivity index (χ1v) is 7.89. The molecule has 0 aromatic heterocycles. The van der Waals surface area contributed by atoms with Gasteiger partial charge >= 0.3 is 0 Å². The van der Waals surface area contributed by atoms with Crippen molar-refractivity contribution in [3.05, 3.63) is 23.8 Å². The lowest BCUT2D eigenvalue weighted by Crippen LogP contribution is -2.25. The van der Waals surface area contributed by atoms with E-state index in [2.05, 4.69) is 4.40 Å². The van der Waals surface area contributed by atoms with Crippen molar-refractivity contribution in [1.29, 1.82) is 0 Å². The first-order valence-electron chi connectivity index (χ1n) is 5.56. The Morgan fingerprint density at radius 3 is 2.56 bits per heavy atom. The molecular formula is C13H19NO2S2. The first-order chi connectivity index (χ1) is 8.38. The van der Waals surface area contributed by atoms with E-state index < -0.39 is 11.4 Å². The lowest BCUT2D eigenvalue weighted by atomic mass is 10.2. The molecule has 0 aliphatic heterocycles. The highest BCUT2D eigenvalue weighted by Gasteiger charge is 2.25. The molecule has 0 spiro atoms. The maximum atomic E-state index is 11.8. The molecule has 0 unspecified atom stereocenters.